The van der Waals surface area contributed by atoms with Gasteiger partial charge in [0.15, 0.2) is 0 Å². The molecule has 1 N–H and O–H groups in total. The quantitative estimate of drug-likeness (QED) is 0.439. The molecule has 0 saturated carbocycles. The summed E-state index contributed by atoms with van der Waals surface area (Å²) in [6.07, 6.45) is 8.52. The van der Waals surface area contributed by atoms with Crippen LogP contribution in [0.25, 0.3) is 0 Å². The van der Waals surface area contributed by atoms with E-state index in [2.05, 4.69) is 6.92 Å². The molecule has 4 nitrogen and oxygen atoms in total. The van der Waals surface area contributed by atoms with Gasteiger partial charge in [-0.3, -0.25) is 0 Å². The Labute approximate surface area is 166 Å². The third kappa shape index (κ3) is 6.92. The number of aliphatic hydroxyl groups is 1. The van der Waals surface area contributed by atoms with Crippen molar-refractivity contribution in [3.63, 3.8) is 0 Å². The molecule has 0 aromatic heterocycles. The van der Waals surface area contributed by atoms with Crippen LogP contribution in [0.2, 0.25) is 0 Å². The van der Waals surface area contributed by atoms with Crippen LogP contribution in [-0.4, -0.2) is 43.2 Å². The Morgan fingerprint density at radius 1 is 1.21 bits per heavy atom. The molecule has 1 aromatic carbocycles. The second kappa shape index (κ2) is 12.3. The summed E-state index contributed by atoms with van der Waals surface area (Å²) in [7, 11) is 1.50. The first-order valence-corrected chi connectivity index (χ1v) is 10.1. The predicted molar refractivity (Wildman–Crippen MR) is 104 cm³/mol. The summed E-state index contributed by atoms with van der Waals surface area (Å²) in [6.45, 7) is 2.37. The van der Waals surface area contributed by atoms with Crippen molar-refractivity contribution >= 4 is 0 Å². The topological polar surface area (TPSA) is 47.9 Å². The summed E-state index contributed by atoms with van der Waals surface area (Å²) < 4.78 is 43.6. The van der Waals surface area contributed by atoms with Crippen LogP contribution in [0.3, 0.4) is 0 Å². The number of benzene rings is 1. The molecule has 1 aromatic rings. The van der Waals surface area contributed by atoms with Gasteiger partial charge in [-0.25, -0.2) is 8.78 Å². The Hall–Kier alpha value is -1.34. The highest BCUT2D eigenvalue weighted by molar-refractivity contribution is 5.17. The molecule has 1 saturated heterocycles. The van der Waals surface area contributed by atoms with Crippen LogP contribution in [-0.2, 0) is 20.8 Å². The maximum Gasteiger partial charge on any atom is 0.131 e. The molecule has 1 aliphatic heterocycles. The number of halogens is 2. The first-order chi connectivity index (χ1) is 13.6. The van der Waals surface area contributed by atoms with E-state index >= 15 is 0 Å². The van der Waals surface area contributed by atoms with Crippen LogP contribution in [0.15, 0.2) is 30.4 Å². The highest BCUT2D eigenvalue weighted by Gasteiger charge is 2.39. The summed E-state index contributed by atoms with van der Waals surface area (Å²) >= 11 is 0. The minimum absolute atomic E-state index is 0.0506. The summed E-state index contributed by atoms with van der Waals surface area (Å²) in [5, 5.41) is 10.6. The van der Waals surface area contributed by atoms with E-state index in [9.17, 15) is 13.9 Å². The molecule has 0 unspecified atom stereocenters. The van der Waals surface area contributed by atoms with E-state index in [1.807, 2.05) is 12.2 Å². The van der Waals surface area contributed by atoms with Crippen molar-refractivity contribution in [2.24, 2.45) is 0 Å². The molecule has 158 valence electrons. The molecule has 1 fully saturated rings. The van der Waals surface area contributed by atoms with Crippen molar-refractivity contribution in [2.75, 3.05) is 13.7 Å². The monoisotopic (exact) mass is 398 g/mol. The predicted octanol–water partition coefficient (Wildman–Crippen LogP) is 4.54. The average Bonchev–Trinajstić information content (AvgIpc) is 2.68. The number of methoxy groups -OCH3 is 1. The number of unbranched alkanes of at least 4 members (excludes halogenated alkanes) is 5. The second-order valence-electron chi connectivity index (χ2n) is 7.21. The summed E-state index contributed by atoms with van der Waals surface area (Å²) in [5.41, 5.74) is 0.246. The van der Waals surface area contributed by atoms with Gasteiger partial charge in [-0.05, 0) is 18.9 Å². The van der Waals surface area contributed by atoms with Crippen molar-refractivity contribution in [3.8, 4) is 0 Å². The van der Waals surface area contributed by atoms with Crippen LogP contribution in [0, 0.1) is 11.6 Å². The fourth-order valence-electron chi connectivity index (χ4n) is 3.34. The smallest absolute Gasteiger partial charge is 0.131 e. The van der Waals surface area contributed by atoms with Crippen LogP contribution in [0.4, 0.5) is 8.78 Å². The summed E-state index contributed by atoms with van der Waals surface area (Å²) in [4.78, 5) is 0. The zero-order valence-electron chi connectivity index (χ0n) is 16.8. The van der Waals surface area contributed by atoms with Gasteiger partial charge in [0.25, 0.3) is 0 Å². The lowest BCUT2D eigenvalue weighted by Gasteiger charge is -2.38. The first kappa shape index (κ1) is 22.9. The normalized spacial score (nSPS) is 25.5. The first-order valence-electron chi connectivity index (χ1n) is 10.1. The van der Waals surface area contributed by atoms with Crippen LogP contribution in [0.5, 0.6) is 0 Å². The van der Waals surface area contributed by atoms with E-state index in [1.54, 1.807) is 0 Å². The van der Waals surface area contributed by atoms with Crippen molar-refractivity contribution in [2.45, 2.75) is 76.5 Å². The fourth-order valence-corrected chi connectivity index (χ4v) is 3.34. The lowest BCUT2D eigenvalue weighted by Crippen LogP contribution is -2.54. The van der Waals surface area contributed by atoms with Gasteiger partial charge < -0.3 is 19.3 Å². The lowest BCUT2D eigenvalue weighted by molar-refractivity contribution is -0.201. The second-order valence-corrected chi connectivity index (χ2v) is 7.21. The van der Waals surface area contributed by atoms with Gasteiger partial charge in [0.1, 0.15) is 36.1 Å². The average molecular weight is 398 g/mol. The number of allylic oxidation sites excluding steroid dienone is 1. The molecule has 0 radical (unpaired) electrons. The number of ether oxygens (including phenoxy) is 3. The molecule has 28 heavy (non-hydrogen) atoms. The zero-order chi connectivity index (χ0) is 20.4. The van der Waals surface area contributed by atoms with Gasteiger partial charge in [-0.2, -0.15) is 0 Å². The largest absolute Gasteiger partial charge is 0.387 e. The highest BCUT2D eigenvalue weighted by Crippen LogP contribution is 2.23. The Balaban J connectivity index is 1.81. The van der Waals surface area contributed by atoms with Gasteiger partial charge >= 0.3 is 0 Å². The standard InChI is InChI=1S/C22H32F2O4/c1-3-4-5-6-7-8-9-10-19-21(25)22(26-2)20(15-28-19)27-14-16-11-12-17(23)13-18(16)24/h9-13,19-22,25H,3-8,14-15H2,1-2H3/t19-,20+,21+,22-/m0/s1. The van der Waals surface area contributed by atoms with Crippen molar-refractivity contribution in [1.82, 2.24) is 0 Å². The van der Waals surface area contributed by atoms with Gasteiger partial charge in [-0.1, -0.05) is 50.8 Å². The van der Waals surface area contributed by atoms with Crippen LogP contribution in [0.1, 0.15) is 51.0 Å². The van der Waals surface area contributed by atoms with Crippen molar-refractivity contribution < 1.29 is 28.1 Å². The minimum atomic E-state index is -0.877. The number of hydrogen-bond acceptors (Lipinski definition) is 4. The van der Waals surface area contributed by atoms with Gasteiger partial charge in [0, 0.05) is 18.7 Å². The molecule has 0 spiro atoms. The summed E-state index contributed by atoms with van der Waals surface area (Å²) in [5.74, 6) is -1.29. The van der Waals surface area contributed by atoms with Gasteiger partial charge in [0.05, 0.1) is 13.2 Å². The molecule has 4 atom stereocenters. The third-order valence-corrected chi connectivity index (χ3v) is 5.03. The maximum absolute atomic E-state index is 13.8. The molecule has 1 heterocycles. The Bertz CT molecular complexity index is 608. The molecule has 0 bridgehead atoms. The lowest BCUT2D eigenvalue weighted by atomic mass is 9.98. The van der Waals surface area contributed by atoms with Gasteiger partial charge in [0.2, 0.25) is 0 Å². The van der Waals surface area contributed by atoms with Crippen LogP contribution >= 0.6 is 0 Å². The molecular formula is C22H32F2O4. The molecule has 0 amide bonds. The number of aliphatic hydroxyl groups excluding tert-OH is 1. The van der Waals surface area contributed by atoms with E-state index in [4.69, 9.17) is 14.2 Å². The van der Waals surface area contributed by atoms with E-state index < -0.39 is 36.1 Å². The Morgan fingerprint density at radius 2 is 2.00 bits per heavy atom. The molecule has 6 heteroatoms. The van der Waals surface area contributed by atoms with Crippen molar-refractivity contribution in [3.05, 3.63) is 47.5 Å². The van der Waals surface area contributed by atoms with E-state index in [-0.39, 0.29) is 18.8 Å². The Kier molecular flexibility index (Phi) is 10.1. The van der Waals surface area contributed by atoms with E-state index in [0.717, 1.165) is 18.9 Å². The van der Waals surface area contributed by atoms with E-state index in [1.165, 1.54) is 44.9 Å². The molecule has 1 aliphatic rings. The van der Waals surface area contributed by atoms with Gasteiger partial charge in [-0.15, -0.1) is 0 Å². The molecular weight excluding hydrogens is 366 g/mol. The van der Waals surface area contributed by atoms with Crippen LogP contribution < -0.4 is 0 Å². The SMILES string of the molecule is CCCCCCCC=C[C@@H]1OC[C@@H](OCc2ccc(F)cc2F)[C@H](OC)[C@@H]1O. The maximum atomic E-state index is 13.8. The summed E-state index contributed by atoms with van der Waals surface area (Å²) in [6, 6.07) is 3.35. The fraction of sp³-hybridized carbons (Fsp3) is 0.636. The number of rotatable bonds is 11. The third-order valence-electron chi connectivity index (χ3n) is 5.03. The van der Waals surface area contributed by atoms with Crippen molar-refractivity contribution in [1.29, 1.82) is 0 Å². The molecule has 2 rings (SSSR count). The minimum Gasteiger partial charge on any atom is -0.387 e. The Morgan fingerprint density at radius 3 is 2.71 bits per heavy atom. The zero-order valence-corrected chi connectivity index (χ0v) is 16.8. The highest BCUT2D eigenvalue weighted by atomic mass is 19.1. The number of hydrogen-bond donors (Lipinski definition) is 1. The van der Waals surface area contributed by atoms with E-state index in [0.29, 0.717) is 0 Å². The molecule has 0 aliphatic carbocycles.